The Morgan fingerprint density at radius 3 is 2.83 bits per heavy atom. The molecule has 0 bridgehead atoms. The van der Waals surface area contributed by atoms with Gasteiger partial charge in [0.1, 0.15) is 4.47 Å². The molecule has 6 heteroatoms. The molecule has 2 aromatic heterocycles. The molecule has 0 amide bonds. The third-order valence-electron chi connectivity index (χ3n) is 1.51. The number of aromatic amines is 2. The van der Waals surface area contributed by atoms with Gasteiger partial charge in [0.2, 0.25) is 0 Å². The van der Waals surface area contributed by atoms with Crippen LogP contribution in [0.4, 0.5) is 0 Å². The monoisotopic (exact) mass is 229 g/mol. The van der Waals surface area contributed by atoms with Gasteiger partial charge >= 0.3 is 0 Å². The summed E-state index contributed by atoms with van der Waals surface area (Å²) in [6.45, 7) is 0. The Hall–Kier alpha value is -1.30. The summed E-state index contributed by atoms with van der Waals surface area (Å²) in [6.07, 6.45) is 1.48. The molecule has 62 valence electrons. The smallest absolute Gasteiger partial charge is 0.281 e. The van der Waals surface area contributed by atoms with Crippen LogP contribution in [0.1, 0.15) is 0 Å². The van der Waals surface area contributed by atoms with E-state index >= 15 is 0 Å². The third kappa shape index (κ3) is 0.845. The van der Waals surface area contributed by atoms with Crippen molar-refractivity contribution in [2.75, 3.05) is 0 Å². The van der Waals surface area contributed by atoms with Crippen LogP contribution in [0.25, 0.3) is 5.65 Å². The van der Waals surface area contributed by atoms with Crippen LogP contribution in [0.5, 0.6) is 0 Å². The summed E-state index contributed by atoms with van der Waals surface area (Å²) >= 11 is 3.05. The minimum absolute atomic E-state index is 0.272. The van der Waals surface area contributed by atoms with Gasteiger partial charge in [0.05, 0.1) is 0 Å². The maximum absolute atomic E-state index is 11.1. The molecular formula is C6H4BrN3O2. The van der Waals surface area contributed by atoms with E-state index in [1.54, 1.807) is 0 Å². The van der Waals surface area contributed by atoms with E-state index < -0.39 is 0 Å². The fraction of sp³-hybridized carbons (Fsp3) is 0. The molecule has 2 N–H and O–H groups in total. The van der Waals surface area contributed by atoms with Gasteiger partial charge in [-0.2, -0.15) is 4.52 Å². The molecule has 0 aliphatic heterocycles. The van der Waals surface area contributed by atoms with E-state index in [-0.39, 0.29) is 11.1 Å². The molecule has 0 unspecified atom stereocenters. The summed E-state index contributed by atoms with van der Waals surface area (Å²) < 4.78 is 1.48. The minimum atomic E-state index is -0.324. The highest BCUT2D eigenvalue weighted by Gasteiger charge is 2.05. The first-order valence-electron chi connectivity index (χ1n) is 3.18. The summed E-state index contributed by atoms with van der Waals surface area (Å²) in [6, 6.07) is 1.33. The number of rotatable bonds is 0. The quantitative estimate of drug-likeness (QED) is 0.672. The molecule has 2 aromatic rings. The Bertz CT molecular complexity index is 535. The molecule has 12 heavy (non-hydrogen) atoms. The summed E-state index contributed by atoms with van der Waals surface area (Å²) in [4.78, 5) is 24.9. The number of hydrogen-bond donors (Lipinski definition) is 2. The van der Waals surface area contributed by atoms with Crippen LogP contribution in [0.2, 0.25) is 0 Å². The van der Waals surface area contributed by atoms with Crippen LogP contribution in [0, 0.1) is 0 Å². The van der Waals surface area contributed by atoms with Crippen molar-refractivity contribution < 1.29 is 0 Å². The van der Waals surface area contributed by atoms with Crippen LogP contribution in [0.3, 0.4) is 0 Å². The summed E-state index contributed by atoms with van der Waals surface area (Å²) in [5.74, 6) is 0. The Morgan fingerprint density at radius 1 is 1.42 bits per heavy atom. The van der Waals surface area contributed by atoms with E-state index in [9.17, 15) is 9.59 Å². The van der Waals surface area contributed by atoms with E-state index in [1.165, 1.54) is 12.3 Å². The fourth-order valence-electron chi connectivity index (χ4n) is 0.972. The van der Waals surface area contributed by atoms with Gasteiger partial charge in [0, 0.05) is 12.3 Å². The first-order valence-corrected chi connectivity index (χ1v) is 3.97. The van der Waals surface area contributed by atoms with Crippen molar-refractivity contribution >= 4 is 21.6 Å². The highest BCUT2D eigenvalue weighted by Crippen LogP contribution is 2.06. The van der Waals surface area contributed by atoms with Crippen molar-refractivity contribution in [3.8, 4) is 0 Å². The van der Waals surface area contributed by atoms with Gasteiger partial charge in [-0.1, -0.05) is 0 Å². The van der Waals surface area contributed by atoms with Crippen molar-refractivity contribution in [1.29, 1.82) is 0 Å². The number of H-pyrrole nitrogens is 2. The molecule has 0 spiro atoms. The highest BCUT2D eigenvalue weighted by molar-refractivity contribution is 9.10. The second-order valence-electron chi connectivity index (χ2n) is 2.25. The molecule has 0 aliphatic carbocycles. The Kier molecular flexibility index (Phi) is 1.44. The average molecular weight is 230 g/mol. The lowest BCUT2D eigenvalue weighted by Gasteiger charge is -1.89. The predicted molar refractivity (Wildman–Crippen MR) is 46.3 cm³/mol. The molecule has 2 rings (SSSR count). The van der Waals surface area contributed by atoms with Crippen LogP contribution in [-0.2, 0) is 0 Å². The van der Waals surface area contributed by atoms with E-state index in [0.717, 1.165) is 4.52 Å². The second-order valence-corrected chi connectivity index (χ2v) is 3.05. The molecule has 0 aromatic carbocycles. The van der Waals surface area contributed by atoms with Crippen LogP contribution >= 0.6 is 15.9 Å². The molecular weight excluding hydrogens is 226 g/mol. The molecule has 0 saturated heterocycles. The lowest BCUT2D eigenvalue weighted by atomic mass is 10.6. The van der Waals surface area contributed by atoms with Gasteiger partial charge in [-0.3, -0.25) is 14.7 Å². The first-order chi connectivity index (χ1) is 5.70. The molecule has 0 saturated carbocycles. The number of aromatic nitrogens is 3. The van der Waals surface area contributed by atoms with E-state index in [4.69, 9.17) is 0 Å². The largest absolute Gasteiger partial charge is 0.345 e. The number of fused-ring (bicyclic) bond motifs is 1. The summed E-state index contributed by atoms with van der Waals surface area (Å²) in [5.41, 5.74) is -0.159. The number of nitrogens with one attached hydrogen (secondary N) is 2. The van der Waals surface area contributed by atoms with Crippen molar-refractivity contribution in [3.63, 3.8) is 0 Å². The third-order valence-corrected chi connectivity index (χ3v) is 2.25. The fourth-order valence-corrected chi connectivity index (χ4v) is 1.35. The number of halogens is 1. The predicted octanol–water partition coefficient (Wildman–Crippen LogP) is 0.0784. The number of hydrogen-bond acceptors (Lipinski definition) is 2. The van der Waals surface area contributed by atoms with E-state index in [2.05, 4.69) is 26.0 Å². The number of nitrogens with zero attached hydrogens (tertiary/aromatic N) is 1. The molecule has 0 atom stereocenters. The Morgan fingerprint density at radius 2 is 2.17 bits per heavy atom. The maximum atomic E-state index is 11.1. The van der Waals surface area contributed by atoms with Crippen molar-refractivity contribution in [3.05, 3.63) is 37.4 Å². The topological polar surface area (TPSA) is 70.1 Å². The summed E-state index contributed by atoms with van der Waals surface area (Å²) in [7, 11) is 0. The van der Waals surface area contributed by atoms with Gasteiger partial charge in [-0.15, -0.1) is 0 Å². The first kappa shape index (κ1) is 7.35. The Balaban J connectivity index is 3.16. The summed E-state index contributed by atoms with van der Waals surface area (Å²) in [5, 5.41) is 2.37. The lowest BCUT2D eigenvalue weighted by Crippen LogP contribution is -2.14. The van der Waals surface area contributed by atoms with Crippen LogP contribution in [-0.4, -0.2) is 14.6 Å². The molecule has 0 aliphatic rings. The van der Waals surface area contributed by atoms with E-state index in [1.807, 2.05) is 0 Å². The van der Waals surface area contributed by atoms with Crippen molar-refractivity contribution in [1.82, 2.24) is 14.6 Å². The zero-order valence-electron chi connectivity index (χ0n) is 5.80. The second kappa shape index (κ2) is 2.34. The Labute approximate surface area is 74.1 Å². The molecule has 0 fully saturated rings. The minimum Gasteiger partial charge on any atom is -0.345 e. The van der Waals surface area contributed by atoms with Gasteiger partial charge in [0.25, 0.3) is 11.1 Å². The molecule has 5 nitrogen and oxygen atoms in total. The zero-order valence-corrected chi connectivity index (χ0v) is 7.38. The maximum Gasteiger partial charge on any atom is 0.281 e. The van der Waals surface area contributed by atoms with Gasteiger partial charge in [-0.25, -0.2) is 0 Å². The van der Waals surface area contributed by atoms with Gasteiger partial charge < -0.3 is 4.98 Å². The average Bonchev–Trinajstić information content (AvgIpc) is 2.32. The van der Waals surface area contributed by atoms with Gasteiger partial charge in [0.15, 0.2) is 5.65 Å². The molecule has 2 heterocycles. The van der Waals surface area contributed by atoms with E-state index in [0.29, 0.717) is 10.1 Å². The van der Waals surface area contributed by atoms with Crippen LogP contribution < -0.4 is 11.1 Å². The zero-order chi connectivity index (χ0) is 8.72. The normalized spacial score (nSPS) is 10.8. The van der Waals surface area contributed by atoms with Crippen LogP contribution in [0.15, 0.2) is 26.3 Å². The lowest BCUT2D eigenvalue weighted by molar-refractivity contribution is 0.882. The molecule has 0 radical (unpaired) electrons. The van der Waals surface area contributed by atoms with Crippen molar-refractivity contribution in [2.45, 2.75) is 0 Å². The standard InChI is InChI=1S/C6H4BrN3O2/c7-4-5-8-2-1-3(11)10(5)9-6(4)12/h1-2,8H,(H,9,12). The van der Waals surface area contributed by atoms with Gasteiger partial charge in [-0.05, 0) is 15.9 Å². The SMILES string of the molecule is O=c1[nH]n2c(=O)cc[nH]c2c1Br. The highest BCUT2D eigenvalue weighted by atomic mass is 79.9. The van der Waals surface area contributed by atoms with Crippen molar-refractivity contribution in [2.24, 2.45) is 0 Å².